The minimum atomic E-state index is -0.417. The number of imide groups is 1. The van der Waals surface area contributed by atoms with Crippen molar-refractivity contribution < 1.29 is 14.0 Å². The lowest BCUT2D eigenvalue weighted by atomic mass is 10.2. The van der Waals surface area contributed by atoms with E-state index in [1.54, 1.807) is 0 Å². The zero-order chi connectivity index (χ0) is 13.7. The molecule has 3 nitrogen and oxygen atoms in total. The predicted octanol–water partition coefficient (Wildman–Crippen LogP) is 4.21. The van der Waals surface area contributed by atoms with Gasteiger partial charge in [-0.2, -0.15) is 0 Å². The minimum Gasteiger partial charge on any atom is -0.268 e. The Hall–Kier alpha value is -1.05. The quantitative estimate of drug-likeness (QED) is 0.667. The fourth-order valence-electron chi connectivity index (χ4n) is 1.90. The zero-order valence-corrected chi connectivity index (χ0v) is 13.1. The normalized spacial score (nSPS) is 14.2. The molecule has 19 heavy (non-hydrogen) atoms. The number of anilines is 1. The second-order valence-corrected chi connectivity index (χ2v) is 7.48. The van der Waals surface area contributed by atoms with Crippen LogP contribution in [0.4, 0.5) is 10.1 Å². The lowest BCUT2D eigenvalue weighted by Gasteiger charge is -2.14. The summed E-state index contributed by atoms with van der Waals surface area (Å²) in [6.07, 6.45) is 0. The number of halogens is 3. The Morgan fingerprint density at radius 3 is 1.89 bits per heavy atom. The van der Waals surface area contributed by atoms with Crippen molar-refractivity contribution >= 4 is 60.7 Å². The molecule has 1 aliphatic heterocycles. The summed E-state index contributed by atoms with van der Waals surface area (Å²) >= 11 is 7.84. The molecule has 3 rings (SSSR count). The maximum Gasteiger partial charge on any atom is 0.268 e. The van der Waals surface area contributed by atoms with E-state index in [2.05, 4.69) is 31.9 Å². The maximum absolute atomic E-state index is 12.9. The highest BCUT2D eigenvalue weighted by molar-refractivity contribution is 9.12. The molecule has 0 fully saturated rings. The number of carbonyl (C=O) groups is 2. The van der Waals surface area contributed by atoms with Crippen LogP contribution in [0.15, 0.2) is 31.8 Å². The van der Waals surface area contributed by atoms with Crippen molar-refractivity contribution in [2.24, 2.45) is 0 Å². The number of fused-ring (bicyclic) bond motifs is 1. The van der Waals surface area contributed by atoms with E-state index in [9.17, 15) is 14.0 Å². The lowest BCUT2D eigenvalue weighted by molar-refractivity contribution is 0.0925. The van der Waals surface area contributed by atoms with Crippen molar-refractivity contribution in [2.75, 3.05) is 4.90 Å². The molecule has 1 aromatic carbocycles. The smallest absolute Gasteiger partial charge is 0.268 e. The standard InChI is InChI=1S/C12H4Br2FNO2S/c13-9-7-8(10(14)19-9)12(18)16(11(7)17)6-3-1-5(15)2-4-6/h1-4H. The molecule has 0 saturated heterocycles. The molecule has 2 amide bonds. The molecule has 7 heteroatoms. The Morgan fingerprint density at radius 2 is 1.42 bits per heavy atom. The van der Waals surface area contributed by atoms with Crippen molar-refractivity contribution in [3.05, 3.63) is 48.8 Å². The maximum atomic E-state index is 12.9. The highest BCUT2D eigenvalue weighted by Crippen LogP contribution is 2.43. The molecule has 0 atom stereocenters. The molecule has 0 N–H and O–H groups in total. The van der Waals surface area contributed by atoms with E-state index in [1.165, 1.54) is 35.6 Å². The van der Waals surface area contributed by atoms with Gasteiger partial charge < -0.3 is 0 Å². The van der Waals surface area contributed by atoms with Crippen molar-refractivity contribution in [1.29, 1.82) is 0 Å². The first kappa shape index (κ1) is 13.0. The van der Waals surface area contributed by atoms with Crippen LogP contribution in [-0.4, -0.2) is 11.8 Å². The van der Waals surface area contributed by atoms with Gasteiger partial charge in [-0.25, -0.2) is 9.29 Å². The highest BCUT2D eigenvalue weighted by Gasteiger charge is 2.41. The van der Waals surface area contributed by atoms with E-state index in [0.717, 1.165) is 4.90 Å². The molecule has 2 aromatic rings. The van der Waals surface area contributed by atoms with Gasteiger partial charge in [0.15, 0.2) is 0 Å². The van der Waals surface area contributed by atoms with Crippen LogP contribution in [0, 0.1) is 5.82 Å². The molecule has 0 bridgehead atoms. The van der Waals surface area contributed by atoms with E-state index in [0.29, 0.717) is 24.4 Å². The first-order valence-electron chi connectivity index (χ1n) is 5.13. The topological polar surface area (TPSA) is 37.4 Å². The van der Waals surface area contributed by atoms with Crippen LogP contribution in [0.3, 0.4) is 0 Å². The van der Waals surface area contributed by atoms with Crippen LogP contribution in [0.5, 0.6) is 0 Å². The Balaban J connectivity index is 2.13. The fraction of sp³-hybridized carbons (Fsp3) is 0. The Bertz CT molecular complexity index is 675. The molecule has 0 aliphatic carbocycles. The first-order chi connectivity index (χ1) is 9.00. The van der Waals surface area contributed by atoms with Gasteiger partial charge >= 0.3 is 0 Å². The minimum absolute atomic E-state index is 0.353. The number of rotatable bonds is 1. The number of thiophene rings is 1. The lowest BCUT2D eigenvalue weighted by Crippen LogP contribution is -2.29. The third-order valence-electron chi connectivity index (χ3n) is 2.74. The Labute approximate surface area is 128 Å². The number of hydrogen-bond acceptors (Lipinski definition) is 3. The van der Waals surface area contributed by atoms with E-state index in [4.69, 9.17) is 0 Å². The third-order valence-corrected chi connectivity index (χ3v) is 5.27. The van der Waals surface area contributed by atoms with Gasteiger partial charge in [0.2, 0.25) is 0 Å². The fourth-order valence-corrected chi connectivity index (χ4v) is 5.00. The summed E-state index contributed by atoms with van der Waals surface area (Å²) in [7, 11) is 0. The summed E-state index contributed by atoms with van der Waals surface area (Å²) < 4.78 is 14.1. The zero-order valence-electron chi connectivity index (χ0n) is 9.12. The number of hydrogen-bond donors (Lipinski definition) is 0. The predicted molar refractivity (Wildman–Crippen MR) is 77.3 cm³/mol. The summed E-state index contributed by atoms with van der Waals surface area (Å²) in [5, 5.41) is 0. The average Bonchev–Trinajstić information content (AvgIpc) is 2.79. The van der Waals surface area contributed by atoms with Crippen LogP contribution in [0.25, 0.3) is 0 Å². The molecule has 0 unspecified atom stereocenters. The third kappa shape index (κ3) is 1.87. The van der Waals surface area contributed by atoms with Gasteiger partial charge in [0.05, 0.1) is 24.4 Å². The summed E-state index contributed by atoms with van der Waals surface area (Å²) in [5.74, 6) is -1.22. The van der Waals surface area contributed by atoms with Gasteiger partial charge in [-0.15, -0.1) is 11.3 Å². The van der Waals surface area contributed by atoms with Crippen LogP contribution in [0.1, 0.15) is 20.7 Å². The van der Waals surface area contributed by atoms with Crippen LogP contribution < -0.4 is 4.90 Å². The molecule has 1 aromatic heterocycles. The number of nitrogens with zero attached hydrogens (tertiary/aromatic N) is 1. The summed E-state index contributed by atoms with van der Waals surface area (Å²) in [5.41, 5.74) is 1.06. The van der Waals surface area contributed by atoms with E-state index in [-0.39, 0.29) is 0 Å². The number of carbonyl (C=O) groups excluding carboxylic acids is 2. The van der Waals surface area contributed by atoms with Crippen molar-refractivity contribution in [1.82, 2.24) is 0 Å². The monoisotopic (exact) mass is 403 g/mol. The number of benzene rings is 1. The molecule has 1 aliphatic rings. The SMILES string of the molecule is O=C1c2c(Br)sc(Br)c2C(=O)N1c1ccc(F)cc1. The summed E-state index contributed by atoms with van der Waals surface area (Å²) in [4.78, 5) is 25.6. The molecule has 0 radical (unpaired) electrons. The summed E-state index contributed by atoms with van der Waals surface area (Å²) in [6.45, 7) is 0. The van der Waals surface area contributed by atoms with E-state index in [1.807, 2.05) is 0 Å². The van der Waals surface area contributed by atoms with E-state index >= 15 is 0 Å². The first-order valence-corrected chi connectivity index (χ1v) is 7.53. The molecule has 0 saturated carbocycles. The molecule has 96 valence electrons. The summed E-state index contributed by atoms with van der Waals surface area (Å²) in [6, 6.07) is 5.24. The average molecular weight is 405 g/mol. The van der Waals surface area contributed by atoms with Gasteiger partial charge in [-0.1, -0.05) is 0 Å². The Kier molecular flexibility index (Phi) is 3.07. The molecular weight excluding hydrogens is 401 g/mol. The van der Waals surface area contributed by atoms with Crippen molar-refractivity contribution in [3.63, 3.8) is 0 Å². The van der Waals surface area contributed by atoms with Gasteiger partial charge in [-0.3, -0.25) is 9.59 Å². The Morgan fingerprint density at radius 1 is 0.947 bits per heavy atom. The van der Waals surface area contributed by atoms with Crippen molar-refractivity contribution in [3.8, 4) is 0 Å². The molecular formula is C12H4Br2FNO2S. The van der Waals surface area contributed by atoms with Crippen LogP contribution >= 0.6 is 43.2 Å². The second kappa shape index (κ2) is 4.50. The van der Waals surface area contributed by atoms with Gasteiger partial charge in [0, 0.05) is 0 Å². The van der Waals surface area contributed by atoms with E-state index < -0.39 is 17.6 Å². The van der Waals surface area contributed by atoms with Gasteiger partial charge in [-0.05, 0) is 56.1 Å². The number of amides is 2. The van der Waals surface area contributed by atoms with Gasteiger partial charge in [0.25, 0.3) is 11.8 Å². The van der Waals surface area contributed by atoms with Gasteiger partial charge in [0.1, 0.15) is 5.82 Å². The van der Waals surface area contributed by atoms with Crippen molar-refractivity contribution in [2.45, 2.75) is 0 Å². The second-order valence-electron chi connectivity index (χ2n) is 3.82. The van der Waals surface area contributed by atoms with Crippen LogP contribution in [-0.2, 0) is 0 Å². The van der Waals surface area contributed by atoms with Crippen LogP contribution in [0.2, 0.25) is 0 Å². The highest BCUT2D eigenvalue weighted by atomic mass is 79.9. The largest absolute Gasteiger partial charge is 0.268 e. The molecule has 0 spiro atoms. The molecule has 2 heterocycles.